The molecule has 0 rings (SSSR count). The molecule has 1 amide bonds. The number of hydrogen-bond donors (Lipinski definition) is 6. The van der Waals surface area contributed by atoms with Crippen molar-refractivity contribution in [2.24, 2.45) is 0 Å². The van der Waals surface area contributed by atoms with Gasteiger partial charge in [0.05, 0.1) is 24.9 Å². The highest BCUT2D eigenvalue weighted by molar-refractivity contribution is 5.81. The third-order valence-electron chi connectivity index (χ3n) is 10.4. The fourth-order valence-corrected chi connectivity index (χ4v) is 6.91. The highest BCUT2D eigenvalue weighted by atomic mass is 16.3. The Morgan fingerprint density at radius 1 is 0.429 bits per heavy atom. The molecule has 7 heteroatoms. The molecule has 0 spiro atoms. The number of aliphatic hydroxyl groups excluding tert-OH is 5. The zero-order valence-corrected chi connectivity index (χ0v) is 32.6. The van der Waals surface area contributed by atoms with Crippen molar-refractivity contribution in [3.8, 4) is 0 Å². The Kier molecular flexibility index (Phi) is 36.5. The first kappa shape index (κ1) is 48.3. The highest BCUT2D eigenvalue weighted by Gasteiger charge is 2.31. The van der Waals surface area contributed by atoms with Crippen molar-refractivity contribution in [2.45, 2.75) is 256 Å². The number of carbonyl (C=O) groups is 1. The summed E-state index contributed by atoms with van der Waals surface area (Å²) in [5.41, 5.74) is 0. The molecule has 0 aromatic rings. The molecule has 0 aromatic carbocycles. The normalized spacial score (nSPS) is 14.8. The van der Waals surface area contributed by atoms with Crippen LogP contribution < -0.4 is 5.32 Å². The lowest BCUT2D eigenvalue weighted by molar-refractivity contribution is -0.138. The van der Waals surface area contributed by atoms with Crippen LogP contribution in [-0.4, -0.2) is 68.5 Å². The van der Waals surface area contributed by atoms with E-state index in [0.29, 0.717) is 12.8 Å². The number of rotatable bonds is 39. The molecule has 0 aliphatic carbocycles. The molecule has 294 valence electrons. The average molecular weight is 700 g/mol. The molecule has 49 heavy (non-hydrogen) atoms. The molecule has 0 fully saturated rings. The van der Waals surface area contributed by atoms with Crippen molar-refractivity contribution in [3.05, 3.63) is 0 Å². The van der Waals surface area contributed by atoms with Gasteiger partial charge in [-0.1, -0.05) is 213 Å². The smallest absolute Gasteiger partial charge is 0.251 e. The van der Waals surface area contributed by atoms with E-state index in [4.69, 9.17) is 0 Å². The van der Waals surface area contributed by atoms with Gasteiger partial charge < -0.3 is 30.8 Å². The van der Waals surface area contributed by atoms with Crippen LogP contribution in [0.4, 0.5) is 0 Å². The minimum absolute atomic E-state index is 0.321. The summed E-state index contributed by atoms with van der Waals surface area (Å²) in [7, 11) is 0. The molecule has 0 saturated carbocycles. The lowest BCUT2D eigenvalue weighted by Gasteiger charge is -2.28. The van der Waals surface area contributed by atoms with Gasteiger partial charge in [0.25, 0.3) is 5.91 Å². The van der Waals surface area contributed by atoms with Gasteiger partial charge in [-0.05, 0) is 12.8 Å². The van der Waals surface area contributed by atoms with Crippen LogP contribution in [0, 0.1) is 0 Å². The monoisotopic (exact) mass is 700 g/mol. The Morgan fingerprint density at radius 3 is 0.980 bits per heavy atom. The minimum Gasteiger partial charge on any atom is -0.394 e. The van der Waals surface area contributed by atoms with Crippen LogP contribution in [0.2, 0.25) is 0 Å². The summed E-state index contributed by atoms with van der Waals surface area (Å²) < 4.78 is 0. The van der Waals surface area contributed by atoms with Crippen molar-refractivity contribution in [3.63, 3.8) is 0 Å². The number of unbranched alkanes of at least 4 members (excludes halogenated alkanes) is 29. The Bertz CT molecular complexity index is 680. The van der Waals surface area contributed by atoms with Gasteiger partial charge in [-0.2, -0.15) is 0 Å². The second-order valence-electron chi connectivity index (χ2n) is 15.2. The zero-order chi connectivity index (χ0) is 36.2. The lowest BCUT2D eigenvalue weighted by atomic mass is 9.98. The molecule has 0 bridgehead atoms. The second-order valence-corrected chi connectivity index (χ2v) is 15.2. The van der Waals surface area contributed by atoms with Crippen molar-refractivity contribution in [2.75, 3.05) is 6.61 Å². The van der Waals surface area contributed by atoms with Crippen LogP contribution in [0.5, 0.6) is 0 Å². The van der Waals surface area contributed by atoms with E-state index in [2.05, 4.69) is 19.2 Å². The molecule has 0 unspecified atom stereocenters. The largest absolute Gasteiger partial charge is 0.394 e. The zero-order valence-electron chi connectivity index (χ0n) is 32.6. The number of nitrogens with one attached hydrogen (secondary N) is 1. The predicted octanol–water partition coefficient (Wildman–Crippen LogP) is 9.82. The fraction of sp³-hybridized carbons (Fsp3) is 0.976. The average Bonchev–Trinajstić information content (AvgIpc) is 3.11. The number of amides is 1. The first-order chi connectivity index (χ1) is 23.9. The maximum Gasteiger partial charge on any atom is 0.251 e. The molecule has 5 atom stereocenters. The van der Waals surface area contributed by atoms with E-state index in [1.54, 1.807) is 0 Å². The van der Waals surface area contributed by atoms with Crippen LogP contribution in [0.3, 0.4) is 0 Å². The summed E-state index contributed by atoms with van der Waals surface area (Å²) in [6.45, 7) is 3.96. The van der Waals surface area contributed by atoms with E-state index in [1.807, 2.05) is 0 Å². The lowest BCUT2D eigenvalue weighted by Crippen LogP contribution is -2.54. The molecule has 0 saturated heterocycles. The molecule has 7 nitrogen and oxygen atoms in total. The molecule has 0 aromatic heterocycles. The van der Waals surface area contributed by atoms with E-state index < -0.39 is 43.0 Å². The van der Waals surface area contributed by atoms with Crippen LogP contribution in [0.15, 0.2) is 0 Å². The third-order valence-corrected chi connectivity index (χ3v) is 10.4. The molecular weight excluding hydrogens is 614 g/mol. The van der Waals surface area contributed by atoms with Gasteiger partial charge in [-0.15, -0.1) is 0 Å². The van der Waals surface area contributed by atoms with Crippen LogP contribution >= 0.6 is 0 Å². The van der Waals surface area contributed by atoms with Gasteiger partial charge in [0.1, 0.15) is 6.10 Å². The molecule has 0 heterocycles. The predicted molar refractivity (Wildman–Crippen MR) is 207 cm³/mol. The van der Waals surface area contributed by atoms with Gasteiger partial charge in [-0.25, -0.2) is 0 Å². The molecular formula is C42H85NO6. The maximum atomic E-state index is 12.5. The minimum atomic E-state index is -1.63. The summed E-state index contributed by atoms with van der Waals surface area (Å²) in [5, 5.41) is 53.9. The van der Waals surface area contributed by atoms with E-state index in [-0.39, 0.29) is 0 Å². The Hall–Kier alpha value is -0.730. The van der Waals surface area contributed by atoms with E-state index >= 15 is 0 Å². The van der Waals surface area contributed by atoms with Gasteiger partial charge >= 0.3 is 0 Å². The summed E-state index contributed by atoms with van der Waals surface area (Å²) >= 11 is 0. The summed E-state index contributed by atoms with van der Waals surface area (Å²) in [6.07, 6.45) is 34.4. The first-order valence-corrected chi connectivity index (χ1v) is 21.5. The number of hydrogen-bond acceptors (Lipinski definition) is 6. The van der Waals surface area contributed by atoms with Crippen molar-refractivity contribution >= 4 is 5.91 Å². The standard InChI is InChI=1S/C42H85NO6/c1-3-5-7-9-11-13-15-17-19-21-23-24-26-28-30-32-34-38(45)40(47)37(36-44)43-42(49)41(48)39(46)35-33-31-29-27-25-22-20-18-16-14-12-10-8-6-4-2/h37-41,44-48H,3-36H2,1-2H3,(H,43,49)/t37-,38+,39+,40-,41+/m0/s1. The van der Waals surface area contributed by atoms with Gasteiger partial charge in [0.2, 0.25) is 0 Å². The highest BCUT2D eigenvalue weighted by Crippen LogP contribution is 2.17. The SMILES string of the molecule is CCCCCCCCCCCCCCCCCC[C@@H](O)[C@@H](O)[C@H](CO)NC(=O)[C@H](O)[C@H](O)CCCCCCCCCCCCCCCCC. The topological polar surface area (TPSA) is 130 Å². The Morgan fingerprint density at radius 2 is 0.694 bits per heavy atom. The molecule has 0 radical (unpaired) electrons. The van der Waals surface area contributed by atoms with E-state index in [9.17, 15) is 30.3 Å². The quantitative estimate of drug-likeness (QED) is 0.0354. The van der Waals surface area contributed by atoms with Crippen LogP contribution in [0.1, 0.15) is 226 Å². The van der Waals surface area contributed by atoms with Crippen LogP contribution in [-0.2, 0) is 4.79 Å². The van der Waals surface area contributed by atoms with Crippen LogP contribution in [0.25, 0.3) is 0 Å². The number of aliphatic hydroxyl groups is 5. The molecule has 0 aliphatic heterocycles. The van der Waals surface area contributed by atoms with E-state index in [1.165, 1.54) is 161 Å². The first-order valence-electron chi connectivity index (χ1n) is 21.5. The van der Waals surface area contributed by atoms with Crippen molar-refractivity contribution in [1.82, 2.24) is 5.32 Å². The maximum absolute atomic E-state index is 12.5. The third kappa shape index (κ3) is 30.6. The second kappa shape index (κ2) is 37.0. The van der Waals surface area contributed by atoms with Gasteiger partial charge in [0, 0.05) is 0 Å². The Balaban J connectivity index is 3.84. The molecule has 6 N–H and O–H groups in total. The summed E-state index contributed by atoms with van der Waals surface area (Å²) in [5.74, 6) is -0.832. The Labute approximate surface area is 303 Å². The van der Waals surface area contributed by atoms with Gasteiger partial charge in [0.15, 0.2) is 6.10 Å². The fourth-order valence-electron chi connectivity index (χ4n) is 6.91. The summed E-state index contributed by atoms with van der Waals surface area (Å²) in [6, 6.07) is -1.10. The summed E-state index contributed by atoms with van der Waals surface area (Å²) in [4.78, 5) is 12.5. The number of carbonyl (C=O) groups excluding carboxylic acids is 1. The van der Waals surface area contributed by atoms with Crippen molar-refractivity contribution in [1.29, 1.82) is 0 Å². The van der Waals surface area contributed by atoms with Crippen molar-refractivity contribution < 1.29 is 30.3 Å². The van der Waals surface area contributed by atoms with E-state index in [0.717, 1.165) is 38.5 Å². The molecule has 0 aliphatic rings. The van der Waals surface area contributed by atoms with Gasteiger partial charge in [-0.3, -0.25) is 4.79 Å².